The average molecular weight is 624 g/mol. The van der Waals surface area contributed by atoms with Gasteiger partial charge in [-0.2, -0.15) is 4.39 Å². The largest absolute Gasteiger partial charge is 0.486 e. The summed E-state index contributed by atoms with van der Waals surface area (Å²) in [5.41, 5.74) is 3.41. The molecule has 212 valence electrons. The van der Waals surface area contributed by atoms with Gasteiger partial charge in [-0.1, -0.05) is 6.08 Å². The third-order valence-corrected chi connectivity index (χ3v) is 8.01. The summed E-state index contributed by atoms with van der Waals surface area (Å²) in [6.45, 7) is 4.29. The summed E-state index contributed by atoms with van der Waals surface area (Å²) < 4.78 is 42.6. The normalized spacial score (nSPS) is 16.4. The van der Waals surface area contributed by atoms with Gasteiger partial charge in [0.05, 0.1) is 42.5 Å². The molecule has 0 saturated carbocycles. The lowest BCUT2D eigenvalue weighted by Crippen LogP contribution is -2.37. The zero-order chi connectivity index (χ0) is 28.7. The molecule has 1 aromatic carbocycles. The minimum absolute atomic E-state index is 0.105. The number of pyridine rings is 3. The number of ether oxygens (including phenoxy) is 2. The van der Waals surface area contributed by atoms with Crippen molar-refractivity contribution in [3.05, 3.63) is 98.3 Å². The second kappa shape index (κ2) is 11.1. The van der Waals surface area contributed by atoms with Crippen molar-refractivity contribution in [3.63, 3.8) is 0 Å². The molecule has 0 radical (unpaired) electrons. The standard InChI is InChI=1S/C30H28BrF2N5O3/c1-18-17-41-30-27(33)24(32)11-23-28(30)38(18)15-20(29(23)39)14-37(13-19-7-8-34-26(10-19)40-2)22-4-3-9-36(16-22)21-5-6-25(31)35-12-21/h4-8,10-12,15,18H,3,9,13-14,16-17H2,1-2H3. The van der Waals surface area contributed by atoms with Gasteiger partial charge in [0.25, 0.3) is 0 Å². The zero-order valence-corrected chi connectivity index (χ0v) is 24.2. The topological polar surface area (TPSA) is 72.7 Å². The SMILES string of the molecule is COc1cc(CN(Cc2cn3c4c(c(F)c(F)cc4c2=O)OCC3C)C2=CCCN(c3ccc(Br)nc3)C2)ccn1. The number of hydrogen-bond acceptors (Lipinski definition) is 7. The molecule has 6 rings (SSSR count). The first-order valence-corrected chi connectivity index (χ1v) is 14.1. The number of rotatable bonds is 7. The van der Waals surface area contributed by atoms with E-state index in [0.717, 1.165) is 40.6 Å². The third-order valence-electron chi connectivity index (χ3n) is 7.54. The summed E-state index contributed by atoms with van der Waals surface area (Å²) in [7, 11) is 1.57. The van der Waals surface area contributed by atoms with E-state index in [1.165, 1.54) is 0 Å². The van der Waals surface area contributed by atoms with Crippen LogP contribution in [0.1, 0.15) is 30.5 Å². The van der Waals surface area contributed by atoms with Gasteiger partial charge in [0.2, 0.25) is 11.7 Å². The Morgan fingerprint density at radius 1 is 1.20 bits per heavy atom. The highest BCUT2D eigenvalue weighted by molar-refractivity contribution is 9.10. The Labute approximate surface area is 244 Å². The first-order chi connectivity index (χ1) is 19.8. The Kier molecular flexibility index (Phi) is 7.37. The van der Waals surface area contributed by atoms with Crippen LogP contribution >= 0.6 is 15.9 Å². The lowest BCUT2D eigenvalue weighted by Gasteiger charge is -2.36. The van der Waals surface area contributed by atoms with Crippen molar-refractivity contribution in [1.29, 1.82) is 0 Å². The number of anilines is 1. The summed E-state index contributed by atoms with van der Waals surface area (Å²) >= 11 is 3.40. The summed E-state index contributed by atoms with van der Waals surface area (Å²) in [6.07, 6.45) is 8.29. The fourth-order valence-corrected chi connectivity index (χ4v) is 5.67. The highest BCUT2D eigenvalue weighted by Gasteiger charge is 2.28. The predicted molar refractivity (Wildman–Crippen MR) is 155 cm³/mol. The maximum Gasteiger partial charge on any atom is 0.213 e. The zero-order valence-electron chi connectivity index (χ0n) is 22.6. The van der Waals surface area contributed by atoms with Crippen molar-refractivity contribution in [2.45, 2.75) is 32.5 Å². The Morgan fingerprint density at radius 2 is 2.05 bits per heavy atom. The van der Waals surface area contributed by atoms with E-state index in [1.54, 1.807) is 19.5 Å². The van der Waals surface area contributed by atoms with Crippen LogP contribution in [0.15, 0.2) is 70.1 Å². The fourth-order valence-electron chi connectivity index (χ4n) is 5.44. The molecule has 0 saturated heterocycles. The number of hydrogen-bond donors (Lipinski definition) is 0. The molecule has 0 fully saturated rings. The van der Waals surface area contributed by atoms with E-state index in [9.17, 15) is 13.6 Å². The second-order valence-electron chi connectivity index (χ2n) is 10.3. The molecule has 4 aromatic rings. The molecule has 1 unspecified atom stereocenters. The quantitative estimate of drug-likeness (QED) is 0.249. The maximum absolute atomic E-state index is 14.6. The van der Waals surface area contributed by atoms with E-state index in [0.29, 0.717) is 24.5 Å². The average Bonchev–Trinajstić information content (AvgIpc) is 2.99. The van der Waals surface area contributed by atoms with Gasteiger partial charge < -0.3 is 23.8 Å². The van der Waals surface area contributed by atoms with E-state index in [4.69, 9.17) is 9.47 Å². The minimum atomic E-state index is -1.10. The van der Waals surface area contributed by atoms with E-state index in [1.807, 2.05) is 42.0 Å². The highest BCUT2D eigenvalue weighted by Crippen LogP contribution is 2.35. The monoisotopic (exact) mass is 623 g/mol. The van der Waals surface area contributed by atoms with Crippen molar-refractivity contribution in [3.8, 4) is 11.6 Å². The van der Waals surface area contributed by atoms with E-state index in [-0.39, 0.29) is 41.3 Å². The van der Waals surface area contributed by atoms with Gasteiger partial charge in [0.15, 0.2) is 17.0 Å². The molecule has 0 spiro atoms. The van der Waals surface area contributed by atoms with Crippen molar-refractivity contribution in [2.24, 2.45) is 0 Å². The van der Waals surface area contributed by atoms with Crippen LogP contribution in [-0.4, -0.2) is 46.2 Å². The number of benzene rings is 1. The van der Waals surface area contributed by atoms with Crippen LogP contribution in [0.4, 0.5) is 14.5 Å². The highest BCUT2D eigenvalue weighted by atomic mass is 79.9. The molecule has 1 atom stereocenters. The maximum atomic E-state index is 14.6. The van der Waals surface area contributed by atoms with Crippen molar-refractivity contribution in [2.75, 3.05) is 31.7 Å². The molecule has 3 aromatic heterocycles. The lowest BCUT2D eigenvalue weighted by atomic mass is 10.1. The summed E-state index contributed by atoms with van der Waals surface area (Å²) in [4.78, 5) is 26.8. The molecule has 0 bridgehead atoms. The molecule has 0 aliphatic carbocycles. The summed E-state index contributed by atoms with van der Waals surface area (Å²) in [6, 6.07) is 8.54. The molecule has 5 heterocycles. The molecule has 0 amide bonds. The molecular weight excluding hydrogens is 596 g/mol. The van der Waals surface area contributed by atoms with Crippen LogP contribution in [0, 0.1) is 11.6 Å². The fraction of sp³-hybridized carbons (Fsp3) is 0.300. The van der Waals surface area contributed by atoms with E-state index in [2.05, 4.69) is 41.8 Å². The summed E-state index contributed by atoms with van der Waals surface area (Å²) in [5.74, 6) is -1.89. The molecular formula is C30H28BrF2N5O3. The van der Waals surface area contributed by atoms with E-state index < -0.39 is 11.6 Å². The Hall–Kier alpha value is -3.99. The lowest BCUT2D eigenvalue weighted by molar-refractivity contribution is 0.232. The molecule has 8 nitrogen and oxygen atoms in total. The van der Waals surface area contributed by atoms with Crippen LogP contribution in [-0.2, 0) is 13.1 Å². The minimum Gasteiger partial charge on any atom is -0.486 e. The van der Waals surface area contributed by atoms with Crippen molar-refractivity contribution >= 4 is 32.5 Å². The first kappa shape index (κ1) is 27.2. The first-order valence-electron chi connectivity index (χ1n) is 13.3. The number of methoxy groups -OCH3 is 1. The number of halogens is 3. The van der Waals surface area contributed by atoms with Gasteiger partial charge >= 0.3 is 0 Å². The smallest absolute Gasteiger partial charge is 0.213 e. The van der Waals surface area contributed by atoms with Gasteiger partial charge in [-0.25, -0.2) is 14.4 Å². The second-order valence-corrected chi connectivity index (χ2v) is 11.1. The van der Waals surface area contributed by atoms with Crippen LogP contribution in [0.2, 0.25) is 0 Å². The van der Waals surface area contributed by atoms with Crippen LogP contribution in [0.5, 0.6) is 11.6 Å². The van der Waals surface area contributed by atoms with Crippen molar-refractivity contribution in [1.82, 2.24) is 19.4 Å². The molecule has 2 aliphatic heterocycles. The third kappa shape index (κ3) is 5.26. The Balaban J connectivity index is 1.41. The molecule has 41 heavy (non-hydrogen) atoms. The number of nitrogens with zero attached hydrogens (tertiary/aromatic N) is 5. The van der Waals surface area contributed by atoms with Crippen LogP contribution in [0.25, 0.3) is 10.9 Å². The Morgan fingerprint density at radius 3 is 2.83 bits per heavy atom. The molecule has 11 heteroatoms. The summed E-state index contributed by atoms with van der Waals surface area (Å²) in [5, 5.41) is 0.105. The Bertz CT molecular complexity index is 1710. The number of aromatic nitrogens is 3. The van der Waals surface area contributed by atoms with Gasteiger partial charge in [-0.05, 0) is 59.1 Å². The van der Waals surface area contributed by atoms with Crippen molar-refractivity contribution < 1.29 is 18.3 Å². The van der Waals surface area contributed by atoms with E-state index >= 15 is 0 Å². The molecule has 0 N–H and O–H groups in total. The van der Waals surface area contributed by atoms with Crippen LogP contribution in [0.3, 0.4) is 0 Å². The van der Waals surface area contributed by atoms with Gasteiger partial charge in [0.1, 0.15) is 11.2 Å². The van der Waals surface area contributed by atoms with Gasteiger partial charge in [-0.15, -0.1) is 0 Å². The van der Waals surface area contributed by atoms with Crippen LogP contribution < -0.4 is 19.8 Å². The van der Waals surface area contributed by atoms with Gasteiger partial charge in [0, 0.05) is 49.4 Å². The molecule has 2 aliphatic rings. The van der Waals surface area contributed by atoms with Gasteiger partial charge in [-0.3, -0.25) is 4.79 Å². The predicted octanol–water partition coefficient (Wildman–Crippen LogP) is 5.59.